The minimum Gasteiger partial charge on any atom is -0.504 e. The van der Waals surface area contributed by atoms with Gasteiger partial charge in [-0.15, -0.1) is 0 Å². The summed E-state index contributed by atoms with van der Waals surface area (Å²) in [6.45, 7) is 1.41. The lowest BCUT2D eigenvalue weighted by atomic mass is 9.83. The monoisotopic (exact) mass is 493 g/mol. The molecule has 0 saturated carbocycles. The van der Waals surface area contributed by atoms with Crippen LogP contribution in [0.1, 0.15) is 40.3 Å². The van der Waals surface area contributed by atoms with Gasteiger partial charge in [0.15, 0.2) is 23.0 Å². The third kappa shape index (κ3) is 4.56. The molecule has 0 amide bonds. The first-order chi connectivity index (χ1) is 17.0. The number of ether oxygens (including phenoxy) is 3. The van der Waals surface area contributed by atoms with Gasteiger partial charge in [0.05, 0.1) is 14.2 Å². The van der Waals surface area contributed by atoms with Gasteiger partial charge in [0, 0.05) is 42.2 Å². The molecule has 182 valence electrons. The smallest absolute Gasteiger partial charge is 0.311 e. The average molecular weight is 494 g/mol. The van der Waals surface area contributed by atoms with Crippen molar-refractivity contribution in [1.82, 2.24) is 4.90 Å². The summed E-state index contributed by atoms with van der Waals surface area (Å²) in [7, 11) is 3.11. The number of benzene rings is 3. The van der Waals surface area contributed by atoms with E-state index in [1.165, 1.54) is 5.56 Å². The number of halogens is 1. The molecule has 0 saturated heterocycles. The number of esters is 1. The number of aromatic hydroxyl groups is 1. The molecule has 2 heterocycles. The Morgan fingerprint density at radius 1 is 1.09 bits per heavy atom. The molecule has 5 rings (SSSR count). The molecular weight excluding hydrogens is 466 g/mol. The molecule has 0 fully saturated rings. The van der Waals surface area contributed by atoms with Gasteiger partial charge >= 0.3 is 5.97 Å². The third-order valence-electron chi connectivity index (χ3n) is 6.97. The first-order valence-electron chi connectivity index (χ1n) is 11.7. The van der Waals surface area contributed by atoms with Crippen molar-refractivity contribution in [1.29, 1.82) is 0 Å². The number of hydrogen-bond donors (Lipinski definition) is 1. The van der Waals surface area contributed by atoms with Crippen LogP contribution in [0.25, 0.3) is 0 Å². The van der Waals surface area contributed by atoms with E-state index in [4.69, 9.17) is 25.8 Å². The Hall–Kier alpha value is -3.22. The number of carbonyl (C=O) groups is 1. The number of methoxy groups -OCH3 is 2. The molecule has 1 N–H and O–H groups in total. The second-order valence-electron chi connectivity index (χ2n) is 8.97. The Bertz CT molecular complexity index is 1260. The third-order valence-corrected chi connectivity index (χ3v) is 7.31. The number of nitrogens with zero attached hydrogens (tertiary/aromatic N) is 1. The summed E-state index contributed by atoms with van der Waals surface area (Å²) in [5.74, 6) is 1.22. The van der Waals surface area contributed by atoms with Gasteiger partial charge in [0.1, 0.15) is 0 Å². The van der Waals surface area contributed by atoms with Crippen molar-refractivity contribution in [3.63, 3.8) is 0 Å². The lowest BCUT2D eigenvalue weighted by molar-refractivity contribution is -0.134. The normalized spacial score (nSPS) is 16.6. The molecule has 0 spiro atoms. The van der Waals surface area contributed by atoms with Gasteiger partial charge in [-0.05, 0) is 53.6 Å². The van der Waals surface area contributed by atoms with Crippen molar-refractivity contribution < 1.29 is 24.1 Å². The number of fused-ring (bicyclic) bond motifs is 4. The Morgan fingerprint density at radius 2 is 1.86 bits per heavy atom. The van der Waals surface area contributed by atoms with Gasteiger partial charge in [-0.2, -0.15) is 0 Å². The number of hydrogen-bond acceptors (Lipinski definition) is 6. The summed E-state index contributed by atoms with van der Waals surface area (Å²) in [4.78, 5) is 15.1. The molecule has 0 aliphatic carbocycles. The van der Waals surface area contributed by atoms with Crippen LogP contribution in [-0.2, 0) is 30.6 Å². The number of rotatable bonds is 6. The average Bonchev–Trinajstić information content (AvgIpc) is 2.88. The zero-order valence-electron chi connectivity index (χ0n) is 19.8. The second kappa shape index (κ2) is 9.80. The number of phenols is 1. The summed E-state index contributed by atoms with van der Waals surface area (Å²) in [5, 5.41) is 11.0. The molecule has 35 heavy (non-hydrogen) atoms. The fraction of sp³-hybridized carbons (Fsp3) is 0.321. The zero-order valence-corrected chi connectivity index (χ0v) is 20.6. The molecule has 2 aliphatic heterocycles. The van der Waals surface area contributed by atoms with Crippen molar-refractivity contribution in [2.24, 2.45) is 0 Å². The van der Waals surface area contributed by atoms with Crippen LogP contribution in [0.2, 0.25) is 5.02 Å². The molecule has 3 aromatic rings. The van der Waals surface area contributed by atoms with Crippen molar-refractivity contribution in [2.45, 2.75) is 38.3 Å². The minimum atomic E-state index is -0.306. The maximum absolute atomic E-state index is 12.8. The molecule has 2 aliphatic rings. The van der Waals surface area contributed by atoms with Crippen LogP contribution in [-0.4, -0.2) is 36.7 Å². The molecule has 0 bridgehead atoms. The molecule has 6 nitrogen and oxygen atoms in total. The molecule has 0 radical (unpaired) electrons. The molecular formula is C28H28ClNO5. The van der Waals surface area contributed by atoms with E-state index in [2.05, 4.69) is 4.90 Å². The van der Waals surface area contributed by atoms with E-state index in [9.17, 15) is 9.90 Å². The van der Waals surface area contributed by atoms with Gasteiger partial charge in [0.25, 0.3) is 0 Å². The molecule has 1 unspecified atom stereocenters. The van der Waals surface area contributed by atoms with Crippen LogP contribution >= 0.6 is 11.6 Å². The fourth-order valence-corrected chi connectivity index (χ4v) is 5.45. The maximum atomic E-state index is 12.8. The number of carbonyl (C=O) groups excluding carboxylic acids is 1. The van der Waals surface area contributed by atoms with Crippen molar-refractivity contribution in [3.8, 4) is 23.0 Å². The highest BCUT2D eigenvalue weighted by Gasteiger charge is 2.36. The van der Waals surface area contributed by atoms with Gasteiger partial charge < -0.3 is 19.3 Å². The van der Waals surface area contributed by atoms with Gasteiger partial charge in [-0.25, -0.2) is 0 Å². The molecule has 3 aromatic carbocycles. The summed E-state index contributed by atoms with van der Waals surface area (Å²) in [6, 6.07) is 15.4. The van der Waals surface area contributed by atoms with E-state index in [0.29, 0.717) is 41.7 Å². The maximum Gasteiger partial charge on any atom is 0.311 e. The van der Waals surface area contributed by atoms with Gasteiger partial charge in [-0.3, -0.25) is 9.69 Å². The summed E-state index contributed by atoms with van der Waals surface area (Å²) in [5.41, 5.74) is 5.17. The standard InChI is InChI=1S/C28H28ClNO5/c1-33-25-12-18-10-11-30-16-21-20(13-23(30)19(18)14-24(25)31)22(29)15-26(34-2)28(21)35-27(32)9-8-17-6-4-3-5-7-17/h3-7,12,14-15,23,31H,8-11,13,16H2,1-2H3. The summed E-state index contributed by atoms with van der Waals surface area (Å²) >= 11 is 6.70. The van der Waals surface area contributed by atoms with E-state index in [-0.39, 0.29) is 24.2 Å². The van der Waals surface area contributed by atoms with Crippen LogP contribution in [0.3, 0.4) is 0 Å². The molecule has 1 atom stereocenters. The van der Waals surface area contributed by atoms with Crippen LogP contribution in [0.4, 0.5) is 0 Å². The first kappa shape index (κ1) is 23.5. The minimum absolute atomic E-state index is 0.0654. The lowest BCUT2D eigenvalue weighted by Gasteiger charge is -2.42. The Balaban J connectivity index is 1.44. The van der Waals surface area contributed by atoms with Crippen molar-refractivity contribution in [3.05, 3.63) is 81.4 Å². The van der Waals surface area contributed by atoms with Crippen LogP contribution in [0.15, 0.2) is 48.5 Å². The van der Waals surface area contributed by atoms with Crippen molar-refractivity contribution >= 4 is 17.6 Å². The van der Waals surface area contributed by atoms with E-state index >= 15 is 0 Å². The molecule has 7 heteroatoms. The first-order valence-corrected chi connectivity index (χ1v) is 12.1. The highest BCUT2D eigenvalue weighted by atomic mass is 35.5. The molecule has 0 aromatic heterocycles. The SMILES string of the molecule is COc1cc2c(cc1O)C1Cc3c(Cl)cc(OC)c(OC(=O)CCc4ccccc4)c3CN1CC2. The number of phenolic OH excluding ortho intramolecular Hbond substituents is 1. The van der Waals surface area contributed by atoms with Crippen LogP contribution < -0.4 is 14.2 Å². The number of aryl methyl sites for hydroxylation is 1. The Morgan fingerprint density at radius 3 is 2.60 bits per heavy atom. The highest BCUT2D eigenvalue weighted by molar-refractivity contribution is 6.31. The Kier molecular flexibility index (Phi) is 6.58. The predicted molar refractivity (Wildman–Crippen MR) is 134 cm³/mol. The van der Waals surface area contributed by atoms with E-state index in [1.54, 1.807) is 26.4 Å². The Labute approximate surface area is 210 Å². The van der Waals surface area contributed by atoms with Crippen LogP contribution in [0.5, 0.6) is 23.0 Å². The van der Waals surface area contributed by atoms with Gasteiger partial charge in [0.2, 0.25) is 0 Å². The summed E-state index contributed by atoms with van der Waals surface area (Å²) < 4.78 is 16.8. The quantitative estimate of drug-likeness (QED) is 0.373. The van der Waals surface area contributed by atoms with E-state index in [1.807, 2.05) is 36.4 Å². The van der Waals surface area contributed by atoms with E-state index in [0.717, 1.165) is 35.2 Å². The largest absolute Gasteiger partial charge is 0.504 e. The van der Waals surface area contributed by atoms with Crippen LogP contribution in [0, 0.1) is 0 Å². The summed E-state index contributed by atoms with van der Waals surface area (Å²) in [6.07, 6.45) is 2.36. The van der Waals surface area contributed by atoms with Gasteiger partial charge in [-0.1, -0.05) is 41.9 Å². The highest BCUT2D eigenvalue weighted by Crippen LogP contribution is 2.48. The predicted octanol–water partition coefficient (Wildman–Crippen LogP) is 5.26. The lowest BCUT2D eigenvalue weighted by Crippen LogP contribution is -2.39. The van der Waals surface area contributed by atoms with Crippen molar-refractivity contribution in [2.75, 3.05) is 20.8 Å². The fourth-order valence-electron chi connectivity index (χ4n) is 5.16. The van der Waals surface area contributed by atoms with E-state index < -0.39 is 0 Å². The second-order valence-corrected chi connectivity index (χ2v) is 9.38. The zero-order chi connectivity index (χ0) is 24.5. The topological polar surface area (TPSA) is 68.2 Å².